The third-order valence-corrected chi connectivity index (χ3v) is 3.90. The van der Waals surface area contributed by atoms with Crippen LogP contribution in [0.15, 0.2) is 41.8 Å². The molecule has 1 fully saturated rings. The number of hydrogen-bond acceptors (Lipinski definition) is 3. The predicted molar refractivity (Wildman–Crippen MR) is 64.1 cm³/mol. The van der Waals surface area contributed by atoms with Crippen LogP contribution in [0.2, 0.25) is 0 Å². The van der Waals surface area contributed by atoms with E-state index in [1.807, 2.05) is 11.8 Å². The van der Waals surface area contributed by atoms with E-state index in [0.717, 1.165) is 13.1 Å². The summed E-state index contributed by atoms with van der Waals surface area (Å²) in [5, 5.41) is 3.91. The highest BCUT2D eigenvalue weighted by Crippen LogP contribution is 2.27. The van der Waals surface area contributed by atoms with E-state index >= 15 is 0 Å². The van der Waals surface area contributed by atoms with Crippen molar-refractivity contribution < 1.29 is 0 Å². The fourth-order valence-electron chi connectivity index (χ4n) is 1.92. The highest BCUT2D eigenvalue weighted by molar-refractivity contribution is 8.00. The van der Waals surface area contributed by atoms with Crippen molar-refractivity contribution in [1.82, 2.24) is 10.2 Å². The molecule has 0 amide bonds. The Bertz CT molecular complexity index is 373. The molecule has 0 bridgehead atoms. The summed E-state index contributed by atoms with van der Waals surface area (Å²) >= 11 is 1.96. The molecule has 3 heteroatoms. The average molecular weight is 217 g/mol. The van der Waals surface area contributed by atoms with Crippen LogP contribution in [0.4, 0.5) is 0 Å². The van der Waals surface area contributed by atoms with Gasteiger partial charge in [-0.05, 0) is 17.7 Å². The molecule has 2 nitrogen and oxygen atoms in total. The molecule has 0 saturated carbocycles. The molecule has 1 N–H and O–H groups in total. The van der Waals surface area contributed by atoms with Crippen LogP contribution in [0, 0.1) is 6.08 Å². The molecule has 77 valence electrons. The second kappa shape index (κ2) is 3.91. The van der Waals surface area contributed by atoms with Crippen LogP contribution < -0.4 is 5.32 Å². The molecule has 0 aromatic heterocycles. The first-order chi connectivity index (χ1) is 7.43. The molecule has 3 aliphatic heterocycles. The van der Waals surface area contributed by atoms with Gasteiger partial charge in [-0.25, -0.2) is 0 Å². The van der Waals surface area contributed by atoms with Gasteiger partial charge in [0.05, 0.1) is 5.37 Å². The summed E-state index contributed by atoms with van der Waals surface area (Å²) in [6.45, 7) is 2.07. The number of allylic oxidation sites excluding steroid dienone is 3. The van der Waals surface area contributed by atoms with Crippen molar-refractivity contribution in [2.24, 2.45) is 0 Å². The molecule has 0 aromatic carbocycles. The number of thioether (sulfide) groups is 1. The molecular weight excluding hydrogens is 204 g/mol. The zero-order valence-electron chi connectivity index (χ0n) is 8.44. The molecule has 1 radical (unpaired) electrons. The van der Waals surface area contributed by atoms with E-state index in [1.165, 1.54) is 17.0 Å². The first-order valence-corrected chi connectivity index (χ1v) is 6.29. The first kappa shape index (κ1) is 9.31. The van der Waals surface area contributed by atoms with E-state index in [4.69, 9.17) is 0 Å². The second-order valence-corrected chi connectivity index (χ2v) is 4.95. The van der Waals surface area contributed by atoms with E-state index in [9.17, 15) is 0 Å². The van der Waals surface area contributed by atoms with Crippen molar-refractivity contribution in [3.8, 4) is 0 Å². The number of rotatable bonds is 1. The van der Waals surface area contributed by atoms with E-state index in [1.54, 1.807) is 0 Å². The standard InChI is InChI=1S/C12H13N2S/c1-2-6-14-7-4-10(9-11(14)3-1)12-13-5-8-15-12/h1-4,7,12-13H,5-6,8H2. The minimum absolute atomic E-state index is 0.440. The van der Waals surface area contributed by atoms with Crippen LogP contribution in [0.25, 0.3) is 0 Å². The lowest BCUT2D eigenvalue weighted by Gasteiger charge is -2.27. The molecular formula is C12H13N2S. The molecule has 1 unspecified atom stereocenters. The Labute approximate surface area is 94.4 Å². The Morgan fingerprint density at radius 3 is 3.40 bits per heavy atom. The normalized spacial score (nSPS) is 28.8. The minimum Gasteiger partial charge on any atom is -0.344 e. The molecule has 15 heavy (non-hydrogen) atoms. The highest BCUT2D eigenvalue weighted by atomic mass is 32.2. The molecule has 0 spiro atoms. The Hall–Kier alpha value is -0.930. The van der Waals surface area contributed by atoms with Crippen molar-refractivity contribution >= 4 is 11.8 Å². The van der Waals surface area contributed by atoms with Gasteiger partial charge in [0.15, 0.2) is 0 Å². The van der Waals surface area contributed by atoms with Crippen LogP contribution in [-0.4, -0.2) is 29.1 Å². The van der Waals surface area contributed by atoms with Gasteiger partial charge in [0.2, 0.25) is 0 Å². The van der Waals surface area contributed by atoms with Gasteiger partial charge in [-0.1, -0.05) is 12.2 Å². The summed E-state index contributed by atoms with van der Waals surface area (Å²) < 4.78 is 0. The second-order valence-electron chi connectivity index (χ2n) is 3.73. The van der Waals surface area contributed by atoms with Gasteiger partial charge in [0.1, 0.15) is 0 Å². The van der Waals surface area contributed by atoms with Crippen LogP contribution >= 0.6 is 11.8 Å². The van der Waals surface area contributed by atoms with E-state index in [0.29, 0.717) is 5.37 Å². The van der Waals surface area contributed by atoms with Crippen LogP contribution in [0.1, 0.15) is 0 Å². The number of fused-ring (bicyclic) bond motifs is 1. The van der Waals surface area contributed by atoms with Gasteiger partial charge in [-0.2, -0.15) is 0 Å². The quantitative estimate of drug-likeness (QED) is 0.719. The van der Waals surface area contributed by atoms with Crippen LogP contribution in [0.5, 0.6) is 0 Å². The summed E-state index contributed by atoms with van der Waals surface area (Å²) in [7, 11) is 0. The van der Waals surface area contributed by atoms with Crippen molar-refractivity contribution in [2.75, 3.05) is 18.8 Å². The lowest BCUT2D eigenvalue weighted by molar-refractivity contribution is 0.515. The summed E-state index contributed by atoms with van der Waals surface area (Å²) in [5.74, 6) is 1.20. The molecule has 0 aliphatic carbocycles. The van der Waals surface area contributed by atoms with Crippen molar-refractivity contribution in [3.63, 3.8) is 0 Å². The van der Waals surface area contributed by atoms with Gasteiger partial charge in [0.25, 0.3) is 0 Å². The smallest absolute Gasteiger partial charge is 0.0797 e. The Morgan fingerprint density at radius 1 is 1.53 bits per heavy atom. The third-order valence-electron chi connectivity index (χ3n) is 2.71. The van der Waals surface area contributed by atoms with Crippen molar-refractivity contribution in [2.45, 2.75) is 5.37 Å². The van der Waals surface area contributed by atoms with Gasteiger partial charge in [-0.3, -0.25) is 0 Å². The van der Waals surface area contributed by atoms with Crippen LogP contribution in [-0.2, 0) is 0 Å². The monoisotopic (exact) mass is 217 g/mol. The highest BCUT2D eigenvalue weighted by Gasteiger charge is 2.21. The van der Waals surface area contributed by atoms with Gasteiger partial charge in [-0.15, -0.1) is 11.8 Å². The number of hydrogen-bond donors (Lipinski definition) is 1. The topological polar surface area (TPSA) is 15.3 Å². The summed E-state index contributed by atoms with van der Waals surface area (Å²) in [6.07, 6.45) is 14.2. The van der Waals surface area contributed by atoms with Crippen molar-refractivity contribution in [1.29, 1.82) is 0 Å². The van der Waals surface area contributed by atoms with E-state index < -0.39 is 0 Å². The van der Waals surface area contributed by atoms with Crippen LogP contribution in [0.3, 0.4) is 0 Å². The molecule has 3 rings (SSSR count). The predicted octanol–water partition coefficient (Wildman–Crippen LogP) is 1.66. The minimum atomic E-state index is 0.440. The number of nitrogens with one attached hydrogen (secondary N) is 1. The van der Waals surface area contributed by atoms with Crippen molar-refractivity contribution in [3.05, 3.63) is 47.9 Å². The van der Waals surface area contributed by atoms with Gasteiger partial charge >= 0.3 is 0 Å². The van der Waals surface area contributed by atoms with E-state index in [-0.39, 0.29) is 0 Å². The summed E-state index contributed by atoms with van der Waals surface area (Å²) in [4.78, 5) is 2.21. The molecule has 3 heterocycles. The Balaban J connectivity index is 1.85. The largest absolute Gasteiger partial charge is 0.344 e. The molecule has 0 aromatic rings. The average Bonchev–Trinajstić information content (AvgIpc) is 2.82. The van der Waals surface area contributed by atoms with E-state index in [2.05, 4.69) is 46.8 Å². The lowest BCUT2D eigenvalue weighted by Crippen LogP contribution is -2.26. The SMILES string of the molecule is [C]1=C(C2NCCS2)C=CN2CC=CC=C12. The van der Waals surface area contributed by atoms with Gasteiger partial charge in [0, 0.05) is 36.8 Å². The molecule has 1 saturated heterocycles. The first-order valence-electron chi connectivity index (χ1n) is 5.24. The zero-order valence-corrected chi connectivity index (χ0v) is 9.26. The fraction of sp³-hybridized carbons (Fsp3) is 0.333. The maximum Gasteiger partial charge on any atom is 0.0797 e. The Kier molecular flexibility index (Phi) is 2.43. The van der Waals surface area contributed by atoms with Gasteiger partial charge < -0.3 is 10.2 Å². The molecule has 1 atom stereocenters. The fourth-order valence-corrected chi connectivity index (χ4v) is 2.94. The maximum absolute atomic E-state index is 3.48. The Morgan fingerprint density at radius 2 is 2.53 bits per heavy atom. The number of nitrogens with zero attached hydrogens (tertiary/aromatic N) is 1. The third kappa shape index (κ3) is 1.77. The summed E-state index contributed by atoms with van der Waals surface area (Å²) in [5.41, 5.74) is 2.46. The summed E-state index contributed by atoms with van der Waals surface area (Å²) in [6, 6.07) is 0. The zero-order chi connectivity index (χ0) is 10.1. The lowest BCUT2D eigenvalue weighted by atomic mass is 10.1. The molecule has 3 aliphatic rings. The maximum atomic E-state index is 3.48.